The first-order chi connectivity index (χ1) is 10.1. The van der Waals surface area contributed by atoms with Crippen molar-refractivity contribution in [1.29, 1.82) is 0 Å². The molecule has 0 unspecified atom stereocenters. The SMILES string of the molecule is COCCN(CCO)S(=O)(=O)c1cncc(C#CCN)c1. The third kappa shape index (κ3) is 5.08. The van der Waals surface area contributed by atoms with E-state index in [4.69, 9.17) is 15.6 Å². The molecule has 21 heavy (non-hydrogen) atoms. The summed E-state index contributed by atoms with van der Waals surface area (Å²) < 4.78 is 31.0. The molecule has 0 aliphatic heterocycles. The van der Waals surface area contributed by atoms with E-state index in [2.05, 4.69) is 16.8 Å². The van der Waals surface area contributed by atoms with E-state index in [1.807, 2.05) is 0 Å². The maximum Gasteiger partial charge on any atom is 0.244 e. The van der Waals surface area contributed by atoms with Crippen LogP contribution < -0.4 is 5.73 Å². The van der Waals surface area contributed by atoms with Crippen LogP contribution in [-0.4, -0.2) is 62.8 Å². The predicted molar refractivity (Wildman–Crippen MR) is 77.9 cm³/mol. The molecule has 0 aromatic carbocycles. The smallest absolute Gasteiger partial charge is 0.244 e. The maximum atomic E-state index is 12.5. The van der Waals surface area contributed by atoms with Crippen molar-refractivity contribution in [3.05, 3.63) is 24.0 Å². The van der Waals surface area contributed by atoms with Crippen LogP contribution in [0.3, 0.4) is 0 Å². The van der Waals surface area contributed by atoms with Gasteiger partial charge in [-0.3, -0.25) is 4.98 Å². The minimum Gasteiger partial charge on any atom is -0.395 e. The quantitative estimate of drug-likeness (QED) is 0.627. The van der Waals surface area contributed by atoms with Crippen molar-refractivity contribution in [3.8, 4) is 11.8 Å². The molecule has 0 saturated heterocycles. The van der Waals surface area contributed by atoms with E-state index in [0.29, 0.717) is 5.56 Å². The highest BCUT2D eigenvalue weighted by atomic mass is 32.2. The Labute approximate surface area is 124 Å². The molecule has 0 aliphatic carbocycles. The molecular weight excluding hydrogens is 294 g/mol. The summed E-state index contributed by atoms with van der Waals surface area (Å²) in [4.78, 5) is 3.91. The number of sulfonamides is 1. The summed E-state index contributed by atoms with van der Waals surface area (Å²) in [6.45, 7) is 0.284. The first kappa shape index (κ1) is 17.6. The molecule has 0 fully saturated rings. The average Bonchev–Trinajstić information content (AvgIpc) is 2.49. The van der Waals surface area contributed by atoms with E-state index < -0.39 is 10.0 Å². The van der Waals surface area contributed by atoms with Crippen molar-refractivity contribution in [2.75, 3.05) is 40.0 Å². The van der Waals surface area contributed by atoms with Gasteiger partial charge in [-0.05, 0) is 6.07 Å². The van der Waals surface area contributed by atoms with Gasteiger partial charge in [-0.2, -0.15) is 4.31 Å². The van der Waals surface area contributed by atoms with Gasteiger partial charge in [0.2, 0.25) is 10.0 Å². The minimum atomic E-state index is -3.75. The van der Waals surface area contributed by atoms with Crippen LogP contribution in [-0.2, 0) is 14.8 Å². The Kier molecular flexibility index (Phi) is 7.28. The molecule has 1 rings (SSSR count). The topological polar surface area (TPSA) is 106 Å². The molecule has 0 atom stereocenters. The fourth-order valence-corrected chi connectivity index (χ4v) is 2.99. The lowest BCUT2D eigenvalue weighted by atomic mass is 10.3. The monoisotopic (exact) mass is 313 g/mol. The maximum absolute atomic E-state index is 12.5. The molecule has 116 valence electrons. The summed E-state index contributed by atoms with van der Waals surface area (Å²) in [5.41, 5.74) is 5.75. The molecule has 3 N–H and O–H groups in total. The van der Waals surface area contributed by atoms with Gasteiger partial charge in [0.05, 0.1) is 19.8 Å². The zero-order valence-corrected chi connectivity index (χ0v) is 12.6. The summed E-state index contributed by atoms with van der Waals surface area (Å²) in [5, 5.41) is 9.02. The zero-order valence-electron chi connectivity index (χ0n) is 11.8. The zero-order chi connectivity index (χ0) is 15.7. The lowest BCUT2D eigenvalue weighted by molar-refractivity contribution is 0.168. The van der Waals surface area contributed by atoms with E-state index in [-0.39, 0.29) is 37.7 Å². The predicted octanol–water partition coefficient (Wildman–Crippen LogP) is -0.979. The Morgan fingerprint density at radius 3 is 2.81 bits per heavy atom. The molecule has 0 radical (unpaired) electrons. The van der Waals surface area contributed by atoms with E-state index in [1.165, 1.54) is 25.6 Å². The van der Waals surface area contributed by atoms with E-state index in [0.717, 1.165) is 4.31 Å². The highest BCUT2D eigenvalue weighted by Gasteiger charge is 2.24. The van der Waals surface area contributed by atoms with E-state index in [9.17, 15) is 8.42 Å². The Bertz CT molecular complexity index is 607. The summed E-state index contributed by atoms with van der Waals surface area (Å²) >= 11 is 0. The highest BCUT2D eigenvalue weighted by Crippen LogP contribution is 2.15. The first-order valence-electron chi connectivity index (χ1n) is 6.30. The molecule has 1 aromatic rings. The fraction of sp³-hybridized carbons (Fsp3) is 0.462. The van der Waals surface area contributed by atoms with Gasteiger partial charge >= 0.3 is 0 Å². The van der Waals surface area contributed by atoms with Gasteiger partial charge in [0.25, 0.3) is 0 Å². The van der Waals surface area contributed by atoms with Crippen LogP contribution in [0.4, 0.5) is 0 Å². The molecule has 0 spiro atoms. The average molecular weight is 313 g/mol. The second kappa shape index (κ2) is 8.71. The number of ether oxygens (including phenoxy) is 1. The number of methoxy groups -OCH3 is 1. The van der Waals surface area contributed by atoms with Gasteiger partial charge in [-0.1, -0.05) is 11.8 Å². The van der Waals surface area contributed by atoms with Crippen molar-refractivity contribution in [3.63, 3.8) is 0 Å². The van der Waals surface area contributed by atoms with Crippen LogP contribution in [0.1, 0.15) is 5.56 Å². The number of aliphatic hydroxyl groups excluding tert-OH is 1. The molecule has 1 aromatic heterocycles. The standard InChI is InChI=1S/C13H19N3O4S/c1-20-8-6-16(5-7-17)21(18,19)13-9-12(3-2-4-14)10-15-11-13/h9-11,17H,4-8,14H2,1H3. The molecule has 1 heterocycles. The van der Waals surface area contributed by atoms with Crippen molar-refractivity contribution < 1.29 is 18.3 Å². The van der Waals surface area contributed by atoms with Gasteiger partial charge < -0.3 is 15.6 Å². The Morgan fingerprint density at radius 1 is 1.43 bits per heavy atom. The van der Waals surface area contributed by atoms with Crippen molar-refractivity contribution >= 4 is 10.0 Å². The van der Waals surface area contributed by atoms with Crippen LogP contribution in [0.15, 0.2) is 23.4 Å². The van der Waals surface area contributed by atoms with Gasteiger partial charge in [-0.25, -0.2) is 8.42 Å². The number of hydrogen-bond donors (Lipinski definition) is 2. The number of aliphatic hydroxyl groups is 1. The normalized spacial score (nSPS) is 11.2. The van der Waals surface area contributed by atoms with Crippen molar-refractivity contribution in [2.24, 2.45) is 5.73 Å². The van der Waals surface area contributed by atoms with E-state index >= 15 is 0 Å². The molecule has 0 saturated carbocycles. The summed E-state index contributed by atoms with van der Waals surface area (Å²) in [6, 6.07) is 1.43. The van der Waals surface area contributed by atoms with Crippen LogP contribution in [0.25, 0.3) is 0 Å². The largest absolute Gasteiger partial charge is 0.395 e. The summed E-state index contributed by atoms with van der Waals surface area (Å²) in [6.07, 6.45) is 2.72. The van der Waals surface area contributed by atoms with Crippen molar-refractivity contribution in [2.45, 2.75) is 4.90 Å². The lowest BCUT2D eigenvalue weighted by Gasteiger charge is -2.20. The molecule has 8 heteroatoms. The molecule has 0 bridgehead atoms. The van der Waals surface area contributed by atoms with Crippen LogP contribution in [0.2, 0.25) is 0 Å². The van der Waals surface area contributed by atoms with Crippen molar-refractivity contribution in [1.82, 2.24) is 9.29 Å². The number of hydrogen-bond acceptors (Lipinski definition) is 6. The number of nitrogens with two attached hydrogens (primary N) is 1. The molecule has 0 amide bonds. The fourth-order valence-electron chi connectivity index (χ4n) is 1.59. The van der Waals surface area contributed by atoms with Gasteiger partial charge in [0.15, 0.2) is 0 Å². The Balaban J connectivity index is 3.09. The van der Waals surface area contributed by atoms with Crippen LogP contribution in [0.5, 0.6) is 0 Å². The highest BCUT2D eigenvalue weighted by molar-refractivity contribution is 7.89. The Morgan fingerprint density at radius 2 is 2.19 bits per heavy atom. The third-order valence-corrected chi connectivity index (χ3v) is 4.44. The minimum absolute atomic E-state index is 0.00952. The van der Waals surface area contributed by atoms with E-state index in [1.54, 1.807) is 0 Å². The number of rotatable bonds is 7. The molecule has 7 nitrogen and oxygen atoms in total. The first-order valence-corrected chi connectivity index (χ1v) is 7.74. The van der Waals surface area contributed by atoms with Crippen LogP contribution in [0, 0.1) is 11.8 Å². The summed E-state index contributed by atoms with van der Waals surface area (Å²) in [5.74, 6) is 5.38. The lowest BCUT2D eigenvalue weighted by Crippen LogP contribution is -2.36. The molecular formula is C13H19N3O4S. The van der Waals surface area contributed by atoms with Gasteiger partial charge in [-0.15, -0.1) is 0 Å². The Hall–Kier alpha value is -1.50. The van der Waals surface area contributed by atoms with Gasteiger partial charge in [0.1, 0.15) is 4.90 Å². The number of aromatic nitrogens is 1. The van der Waals surface area contributed by atoms with Crippen LogP contribution >= 0.6 is 0 Å². The second-order valence-electron chi connectivity index (χ2n) is 4.04. The third-order valence-electron chi connectivity index (χ3n) is 2.58. The second-order valence-corrected chi connectivity index (χ2v) is 5.97. The number of pyridine rings is 1. The summed E-state index contributed by atoms with van der Waals surface area (Å²) in [7, 11) is -2.27. The van der Waals surface area contributed by atoms with Gasteiger partial charge in [0, 0.05) is 38.2 Å². The number of nitrogens with zero attached hydrogens (tertiary/aromatic N) is 2. The molecule has 0 aliphatic rings.